The topological polar surface area (TPSA) is 47.9 Å². The predicted octanol–water partition coefficient (Wildman–Crippen LogP) is 1.78. The van der Waals surface area contributed by atoms with E-state index in [4.69, 9.17) is 0 Å². The van der Waals surface area contributed by atoms with Crippen LogP contribution in [-0.2, 0) is 4.79 Å². The van der Waals surface area contributed by atoms with Crippen LogP contribution in [-0.4, -0.2) is 61.9 Å². The van der Waals surface area contributed by atoms with Crippen LogP contribution in [0.4, 0.5) is 0 Å². The van der Waals surface area contributed by atoms with E-state index in [1.165, 1.54) is 19.3 Å². The van der Waals surface area contributed by atoms with Crippen molar-refractivity contribution < 1.29 is 4.79 Å². The molecule has 1 saturated heterocycles. The van der Waals surface area contributed by atoms with Gasteiger partial charge in [0.1, 0.15) is 6.54 Å². The largest absolute Gasteiger partial charge is 0.356 e. The summed E-state index contributed by atoms with van der Waals surface area (Å²) in [5.74, 6) is 1.50. The Hall–Kier alpha value is -0.530. The summed E-state index contributed by atoms with van der Waals surface area (Å²) in [6.07, 6.45) is 3.72. The van der Waals surface area contributed by atoms with Gasteiger partial charge in [0.05, 0.1) is 0 Å². The van der Waals surface area contributed by atoms with Gasteiger partial charge < -0.3 is 15.1 Å². The number of guanidine groups is 1. The van der Waals surface area contributed by atoms with Crippen molar-refractivity contribution in [3.05, 3.63) is 0 Å². The normalized spacial score (nSPS) is 15.8. The minimum absolute atomic E-state index is 0. The Labute approximate surface area is 140 Å². The van der Waals surface area contributed by atoms with Crippen LogP contribution in [0.5, 0.6) is 0 Å². The van der Waals surface area contributed by atoms with Crippen molar-refractivity contribution in [2.45, 2.75) is 33.1 Å². The lowest BCUT2D eigenvalue weighted by molar-refractivity contribution is -0.127. The summed E-state index contributed by atoms with van der Waals surface area (Å²) in [5.41, 5.74) is 0. The molecule has 0 radical (unpaired) electrons. The molecule has 0 saturated carbocycles. The van der Waals surface area contributed by atoms with E-state index in [0.29, 0.717) is 5.92 Å². The lowest BCUT2D eigenvalue weighted by Crippen LogP contribution is -2.45. The van der Waals surface area contributed by atoms with Crippen LogP contribution < -0.4 is 5.32 Å². The smallest absolute Gasteiger partial charge is 0.243 e. The number of nitrogens with one attached hydrogen (secondary N) is 1. The van der Waals surface area contributed by atoms with Gasteiger partial charge in [-0.2, -0.15) is 0 Å². The summed E-state index contributed by atoms with van der Waals surface area (Å²) >= 11 is 0. The minimum atomic E-state index is 0. The van der Waals surface area contributed by atoms with E-state index in [0.717, 1.165) is 25.6 Å². The summed E-state index contributed by atoms with van der Waals surface area (Å²) in [4.78, 5) is 20.0. The van der Waals surface area contributed by atoms with Crippen LogP contribution >= 0.6 is 24.0 Å². The monoisotopic (exact) mass is 396 g/mol. The minimum Gasteiger partial charge on any atom is -0.356 e. The second kappa shape index (κ2) is 10.2. The van der Waals surface area contributed by atoms with E-state index >= 15 is 0 Å². The van der Waals surface area contributed by atoms with E-state index < -0.39 is 0 Å². The Kier molecular flexibility index (Phi) is 9.96. The Morgan fingerprint density at radius 1 is 1.25 bits per heavy atom. The summed E-state index contributed by atoms with van der Waals surface area (Å²) in [6.45, 7) is 7.55. The van der Waals surface area contributed by atoms with Crippen molar-refractivity contribution in [2.24, 2.45) is 10.9 Å². The van der Waals surface area contributed by atoms with E-state index in [2.05, 4.69) is 29.1 Å². The van der Waals surface area contributed by atoms with Crippen molar-refractivity contribution in [3.63, 3.8) is 0 Å². The molecule has 1 rings (SSSR count). The second-order valence-electron chi connectivity index (χ2n) is 5.75. The third-order valence-corrected chi connectivity index (χ3v) is 3.19. The lowest BCUT2D eigenvalue weighted by Gasteiger charge is -2.30. The van der Waals surface area contributed by atoms with Gasteiger partial charge in [-0.1, -0.05) is 13.8 Å². The molecule has 118 valence electrons. The maximum Gasteiger partial charge on any atom is 0.243 e. The molecule has 1 N–H and O–H groups in total. The Morgan fingerprint density at radius 3 is 2.35 bits per heavy atom. The number of rotatable bonds is 4. The van der Waals surface area contributed by atoms with E-state index in [-0.39, 0.29) is 36.4 Å². The molecule has 0 atom stereocenters. The molecule has 1 fully saturated rings. The van der Waals surface area contributed by atoms with Crippen LogP contribution in [0.2, 0.25) is 0 Å². The van der Waals surface area contributed by atoms with E-state index in [1.54, 1.807) is 19.0 Å². The molecule has 0 unspecified atom stereocenters. The Morgan fingerprint density at radius 2 is 1.85 bits per heavy atom. The molecule has 6 heteroatoms. The molecule has 5 nitrogen and oxygen atoms in total. The van der Waals surface area contributed by atoms with Gasteiger partial charge in [0.2, 0.25) is 5.91 Å². The molecule has 0 aromatic heterocycles. The zero-order valence-corrected chi connectivity index (χ0v) is 15.5. The van der Waals surface area contributed by atoms with Crippen molar-refractivity contribution in [1.82, 2.24) is 15.1 Å². The average molecular weight is 396 g/mol. The SMILES string of the molecule is CC(C)CNC(=NCC(=O)N(C)C)N1CCCCC1.I. The fourth-order valence-corrected chi connectivity index (χ4v) is 1.95. The molecule has 1 aliphatic rings. The highest BCUT2D eigenvalue weighted by molar-refractivity contribution is 14.0. The van der Waals surface area contributed by atoms with Gasteiger partial charge in [0, 0.05) is 33.7 Å². The average Bonchev–Trinajstić information content (AvgIpc) is 2.39. The molecule has 1 aliphatic heterocycles. The van der Waals surface area contributed by atoms with Gasteiger partial charge >= 0.3 is 0 Å². The molecule has 1 amide bonds. The third kappa shape index (κ3) is 7.31. The Bertz CT molecular complexity index is 312. The van der Waals surface area contributed by atoms with Crippen molar-refractivity contribution >= 4 is 35.8 Å². The number of nitrogens with zero attached hydrogens (tertiary/aromatic N) is 3. The first-order chi connectivity index (χ1) is 9.00. The number of likely N-dealkylation sites (N-methyl/N-ethyl adjacent to an activating group) is 1. The number of hydrogen-bond acceptors (Lipinski definition) is 2. The first kappa shape index (κ1) is 19.5. The number of carbonyl (C=O) groups is 1. The highest BCUT2D eigenvalue weighted by atomic mass is 127. The maximum atomic E-state index is 11.6. The zero-order chi connectivity index (χ0) is 14.3. The number of likely N-dealkylation sites (tertiary alicyclic amines) is 1. The quantitative estimate of drug-likeness (QED) is 0.448. The van der Waals surface area contributed by atoms with Gasteiger partial charge in [0.25, 0.3) is 0 Å². The van der Waals surface area contributed by atoms with Gasteiger partial charge in [0.15, 0.2) is 5.96 Å². The lowest BCUT2D eigenvalue weighted by atomic mass is 10.1. The van der Waals surface area contributed by atoms with E-state index in [9.17, 15) is 4.79 Å². The van der Waals surface area contributed by atoms with Crippen LogP contribution in [0.3, 0.4) is 0 Å². The summed E-state index contributed by atoms with van der Waals surface area (Å²) in [7, 11) is 3.53. The highest BCUT2D eigenvalue weighted by Gasteiger charge is 2.15. The number of halogens is 1. The molecule has 20 heavy (non-hydrogen) atoms. The molecule has 1 heterocycles. The number of carbonyl (C=O) groups excluding carboxylic acids is 1. The molecule has 0 aromatic rings. The van der Waals surface area contributed by atoms with Gasteiger partial charge in [-0.25, -0.2) is 4.99 Å². The van der Waals surface area contributed by atoms with Crippen molar-refractivity contribution in [3.8, 4) is 0 Å². The first-order valence-electron chi connectivity index (χ1n) is 7.24. The molecule has 0 aromatic carbocycles. The fraction of sp³-hybridized carbons (Fsp3) is 0.857. The number of amides is 1. The molecular formula is C14H29IN4O. The van der Waals surface area contributed by atoms with Crippen LogP contribution in [0.15, 0.2) is 4.99 Å². The second-order valence-corrected chi connectivity index (χ2v) is 5.75. The van der Waals surface area contributed by atoms with Crippen LogP contribution in [0.25, 0.3) is 0 Å². The fourth-order valence-electron chi connectivity index (χ4n) is 1.95. The zero-order valence-electron chi connectivity index (χ0n) is 13.2. The van der Waals surface area contributed by atoms with Crippen LogP contribution in [0.1, 0.15) is 33.1 Å². The molecule has 0 spiro atoms. The molecular weight excluding hydrogens is 367 g/mol. The summed E-state index contributed by atoms with van der Waals surface area (Å²) in [5, 5.41) is 3.39. The maximum absolute atomic E-state index is 11.6. The standard InChI is InChI=1S/C14H28N4O.HI/c1-12(2)10-15-14(16-11-13(19)17(3)4)18-8-6-5-7-9-18;/h12H,5-11H2,1-4H3,(H,15,16);1H. The third-order valence-electron chi connectivity index (χ3n) is 3.19. The number of aliphatic imine (C=N–C) groups is 1. The summed E-state index contributed by atoms with van der Waals surface area (Å²) in [6, 6.07) is 0. The van der Waals surface area contributed by atoms with Gasteiger partial charge in [-0.3, -0.25) is 4.79 Å². The molecule has 0 bridgehead atoms. The Balaban J connectivity index is 0.00000361. The summed E-state index contributed by atoms with van der Waals surface area (Å²) < 4.78 is 0. The highest BCUT2D eigenvalue weighted by Crippen LogP contribution is 2.09. The number of hydrogen-bond donors (Lipinski definition) is 1. The van der Waals surface area contributed by atoms with Gasteiger partial charge in [-0.05, 0) is 25.2 Å². The number of piperidine rings is 1. The predicted molar refractivity (Wildman–Crippen MR) is 94.7 cm³/mol. The van der Waals surface area contributed by atoms with Gasteiger partial charge in [-0.15, -0.1) is 24.0 Å². The van der Waals surface area contributed by atoms with Crippen molar-refractivity contribution in [2.75, 3.05) is 40.3 Å². The molecule has 0 aliphatic carbocycles. The van der Waals surface area contributed by atoms with E-state index in [1.807, 2.05) is 0 Å². The first-order valence-corrected chi connectivity index (χ1v) is 7.24. The van der Waals surface area contributed by atoms with Crippen LogP contribution in [0, 0.1) is 5.92 Å². The van der Waals surface area contributed by atoms with Crippen molar-refractivity contribution in [1.29, 1.82) is 0 Å².